The van der Waals surface area contributed by atoms with Crippen LogP contribution in [0.5, 0.6) is 0 Å². The van der Waals surface area contributed by atoms with Crippen molar-refractivity contribution in [1.82, 2.24) is 10.3 Å². The topological polar surface area (TPSA) is 34.1 Å². The van der Waals surface area contributed by atoms with Gasteiger partial charge in [0.2, 0.25) is 0 Å². The Balaban J connectivity index is 2.65. The highest BCUT2D eigenvalue weighted by Crippen LogP contribution is 2.12. The molecule has 0 amide bonds. The molecule has 1 N–H and O–H groups in total. The second kappa shape index (κ2) is 5.83. The number of likely N-dealkylation sites (N-methyl/N-ethyl adjacent to an activating group) is 1. The number of aryl methyl sites for hydroxylation is 1. The van der Waals surface area contributed by atoms with Crippen molar-refractivity contribution in [3.05, 3.63) is 29.6 Å². The van der Waals surface area contributed by atoms with Crippen LogP contribution in [0.1, 0.15) is 31.1 Å². The summed E-state index contributed by atoms with van der Waals surface area (Å²) in [6.45, 7) is 6.80. The van der Waals surface area contributed by atoms with E-state index in [-0.39, 0.29) is 12.1 Å². The van der Waals surface area contributed by atoms with Crippen LogP contribution in [0.25, 0.3) is 0 Å². The first-order chi connectivity index (χ1) is 7.13. The standard InChI is InChI=1S/C12H20N2O/c1-9(2)15-8-12(13-4)11-7-10(3)5-6-14-11/h5-7,9,12-13H,8H2,1-4H3. The predicted molar refractivity (Wildman–Crippen MR) is 61.9 cm³/mol. The number of pyridine rings is 1. The lowest BCUT2D eigenvalue weighted by atomic mass is 10.1. The first kappa shape index (κ1) is 12.1. The zero-order chi connectivity index (χ0) is 11.3. The molecule has 0 spiro atoms. The van der Waals surface area contributed by atoms with Gasteiger partial charge in [0.25, 0.3) is 0 Å². The van der Waals surface area contributed by atoms with Gasteiger partial charge in [0.1, 0.15) is 0 Å². The third kappa shape index (κ3) is 3.98. The van der Waals surface area contributed by atoms with Gasteiger partial charge in [-0.25, -0.2) is 0 Å². The Morgan fingerprint density at radius 2 is 2.20 bits per heavy atom. The summed E-state index contributed by atoms with van der Waals surface area (Å²) in [5.41, 5.74) is 2.27. The van der Waals surface area contributed by atoms with Gasteiger partial charge in [-0.1, -0.05) is 0 Å². The van der Waals surface area contributed by atoms with Crippen molar-refractivity contribution in [3.8, 4) is 0 Å². The fourth-order valence-corrected chi connectivity index (χ4v) is 1.36. The van der Waals surface area contributed by atoms with Crippen molar-refractivity contribution in [2.45, 2.75) is 32.9 Å². The number of rotatable bonds is 5. The van der Waals surface area contributed by atoms with Crippen molar-refractivity contribution in [2.75, 3.05) is 13.7 Å². The Bertz CT molecular complexity index is 299. The summed E-state index contributed by atoms with van der Waals surface area (Å²) in [6.07, 6.45) is 2.09. The van der Waals surface area contributed by atoms with Crippen LogP contribution in [0.15, 0.2) is 18.3 Å². The van der Waals surface area contributed by atoms with Gasteiger partial charge in [0, 0.05) is 6.20 Å². The van der Waals surface area contributed by atoms with Gasteiger partial charge in [0.15, 0.2) is 0 Å². The van der Waals surface area contributed by atoms with Crippen LogP contribution in [0.3, 0.4) is 0 Å². The quantitative estimate of drug-likeness (QED) is 0.804. The summed E-state index contributed by atoms with van der Waals surface area (Å²) in [7, 11) is 1.93. The maximum atomic E-state index is 5.59. The third-order valence-corrected chi connectivity index (χ3v) is 2.24. The number of nitrogens with one attached hydrogen (secondary N) is 1. The summed E-state index contributed by atoms with van der Waals surface area (Å²) in [4.78, 5) is 4.35. The summed E-state index contributed by atoms with van der Waals surface area (Å²) >= 11 is 0. The van der Waals surface area contributed by atoms with Crippen LogP contribution < -0.4 is 5.32 Å². The van der Waals surface area contributed by atoms with Crippen molar-refractivity contribution in [2.24, 2.45) is 0 Å². The molecule has 1 unspecified atom stereocenters. The summed E-state index contributed by atoms with van der Waals surface area (Å²) in [5, 5.41) is 3.21. The van der Waals surface area contributed by atoms with Crippen LogP contribution >= 0.6 is 0 Å². The van der Waals surface area contributed by atoms with Crippen LogP contribution in [-0.4, -0.2) is 24.7 Å². The zero-order valence-electron chi connectivity index (χ0n) is 9.95. The van der Waals surface area contributed by atoms with E-state index in [0.29, 0.717) is 6.61 Å². The smallest absolute Gasteiger partial charge is 0.0730 e. The van der Waals surface area contributed by atoms with Crippen molar-refractivity contribution < 1.29 is 4.74 Å². The molecule has 0 saturated heterocycles. The van der Waals surface area contributed by atoms with Crippen LogP contribution in [-0.2, 0) is 4.74 Å². The molecular formula is C12H20N2O. The van der Waals surface area contributed by atoms with Gasteiger partial charge in [-0.05, 0) is 45.5 Å². The lowest BCUT2D eigenvalue weighted by molar-refractivity contribution is 0.0618. The molecule has 0 saturated carbocycles. The molecule has 0 aromatic carbocycles. The molecule has 0 radical (unpaired) electrons. The maximum absolute atomic E-state index is 5.59. The number of ether oxygens (including phenoxy) is 1. The molecule has 1 rings (SSSR count). The molecule has 1 heterocycles. The van der Waals surface area contributed by atoms with E-state index >= 15 is 0 Å². The lowest BCUT2D eigenvalue weighted by Crippen LogP contribution is -2.24. The summed E-state index contributed by atoms with van der Waals surface area (Å²) in [5.74, 6) is 0. The van der Waals surface area contributed by atoms with Gasteiger partial charge in [-0.15, -0.1) is 0 Å². The van der Waals surface area contributed by atoms with Crippen LogP contribution in [0, 0.1) is 6.92 Å². The SMILES string of the molecule is CNC(COC(C)C)c1cc(C)ccn1. The molecule has 1 aromatic heterocycles. The molecule has 0 aliphatic rings. The third-order valence-electron chi connectivity index (χ3n) is 2.24. The zero-order valence-corrected chi connectivity index (χ0v) is 9.95. The van der Waals surface area contributed by atoms with Crippen LogP contribution in [0.2, 0.25) is 0 Å². The lowest BCUT2D eigenvalue weighted by Gasteiger charge is -2.17. The predicted octanol–water partition coefficient (Wildman–Crippen LogP) is 2.08. The van der Waals surface area contributed by atoms with E-state index in [1.807, 2.05) is 33.2 Å². The molecule has 0 aliphatic carbocycles. The van der Waals surface area contributed by atoms with E-state index in [1.165, 1.54) is 5.56 Å². The molecule has 3 nitrogen and oxygen atoms in total. The van der Waals surface area contributed by atoms with Gasteiger partial charge in [0.05, 0.1) is 24.4 Å². The second-order valence-electron chi connectivity index (χ2n) is 3.98. The van der Waals surface area contributed by atoms with Gasteiger partial charge >= 0.3 is 0 Å². The average molecular weight is 208 g/mol. The number of aromatic nitrogens is 1. The maximum Gasteiger partial charge on any atom is 0.0730 e. The first-order valence-corrected chi connectivity index (χ1v) is 5.35. The van der Waals surface area contributed by atoms with E-state index in [9.17, 15) is 0 Å². The summed E-state index contributed by atoms with van der Waals surface area (Å²) < 4.78 is 5.59. The highest BCUT2D eigenvalue weighted by molar-refractivity contribution is 5.17. The van der Waals surface area contributed by atoms with E-state index in [1.54, 1.807) is 0 Å². The molecule has 3 heteroatoms. The number of hydrogen-bond donors (Lipinski definition) is 1. The van der Waals surface area contributed by atoms with Crippen molar-refractivity contribution in [3.63, 3.8) is 0 Å². The van der Waals surface area contributed by atoms with Crippen molar-refractivity contribution >= 4 is 0 Å². The van der Waals surface area contributed by atoms with Gasteiger partial charge in [-0.3, -0.25) is 4.98 Å². The van der Waals surface area contributed by atoms with E-state index in [2.05, 4.69) is 23.3 Å². The van der Waals surface area contributed by atoms with E-state index in [4.69, 9.17) is 4.74 Å². The molecule has 0 aliphatic heterocycles. The fourth-order valence-electron chi connectivity index (χ4n) is 1.36. The van der Waals surface area contributed by atoms with E-state index < -0.39 is 0 Å². The Morgan fingerprint density at radius 1 is 1.47 bits per heavy atom. The Kier molecular flexibility index (Phi) is 4.72. The molecule has 0 bridgehead atoms. The Morgan fingerprint density at radius 3 is 2.73 bits per heavy atom. The average Bonchev–Trinajstić information content (AvgIpc) is 2.18. The highest BCUT2D eigenvalue weighted by Gasteiger charge is 2.11. The first-order valence-electron chi connectivity index (χ1n) is 5.35. The minimum absolute atomic E-state index is 0.173. The number of hydrogen-bond acceptors (Lipinski definition) is 3. The molecule has 15 heavy (non-hydrogen) atoms. The molecule has 84 valence electrons. The monoisotopic (exact) mass is 208 g/mol. The molecule has 1 aromatic rings. The number of nitrogens with zero attached hydrogens (tertiary/aromatic N) is 1. The minimum Gasteiger partial charge on any atom is -0.377 e. The van der Waals surface area contributed by atoms with Gasteiger partial charge < -0.3 is 10.1 Å². The normalized spacial score (nSPS) is 13.1. The fraction of sp³-hybridized carbons (Fsp3) is 0.583. The Labute approximate surface area is 91.9 Å². The largest absolute Gasteiger partial charge is 0.377 e. The Hall–Kier alpha value is -0.930. The van der Waals surface area contributed by atoms with Crippen LogP contribution in [0.4, 0.5) is 0 Å². The highest BCUT2D eigenvalue weighted by atomic mass is 16.5. The molecule has 0 fully saturated rings. The second-order valence-corrected chi connectivity index (χ2v) is 3.98. The summed E-state index contributed by atoms with van der Waals surface area (Å²) in [6, 6.07) is 4.26. The van der Waals surface area contributed by atoms with Gasteiger partial charge in [-0.2, -0.15) is 0 Å². The molecular weight excluding hydrogens is 188 g/mol. The minimum atomic E-state index is 0.173. The molecule has 1 atom stereocenters. The van der Waals surface area contributed by atoms with E-state index in [0.717, 1.165) is 5.69 Å². The van der Waals surface area contributed by atoms with Crippen molar-refractivity contribution in [1.29, 1.82) is 0 Å².